The van der Waals surface area contributed by atoms with Gasteiger partial charge in [0.1, 0.15) is 0 Å². The smallest absolute Gasteiger partial charge is 0.0491 e. The summed E-state index contributed by atoms with van der Waals surface area (Å²) in [6.07, 6.45) is 2.53. The van der Waals surface area contributed by atoms with Gasteiger partial charge in [0.15, 0.2) is 0 Å². The minimum atomic E-state index is 0.305. The topological polar surface area (TPSA) is 38.5 Å². The highest BCUT2D eigenvalue weighted by Crippen LogP contribution is 2.16. The monoisotopic (exact) mass is 186 g/mol. The number of ether oxygens (including phenoxy) is 1. The molecule has 0 aliphatic carbocycles. The van der Waals surface area contributed by atoms with Gasteiger partial charge in [-0.1, -0.05) is 0 Å². The number of rotatable bonds is 4. The van der Waals surface area contributed by atoms with Crippen LogP contribution >= 0.6 is 0 Å². The summed E-state index contributed by atoms with van der Waals surface area (Å²) in [5.74, 6) is 0.773. The first-order valence-electron chi connectivity index (χ1n) is 5.19. The molecule has 0 radical (unpaired) electrons. The molecule has 0 saturated carbocycles. The van der Waals surface area contributed by atoms with E-state index in [0.717, 1.165) is 19.1 Å². The van der Waals surface area contributed by atoms with Gasteiger partial charge in [-0.3, -0.25) is 0 Å². The van der Waals surface area contributed by atoms with Crippen molar-refractivity contribution in [2.75, 3.05) is 33.4 Å². The predicted molar refractivity (Wildman–Crippen MR) is 54.7 cm³/mol. The van der Waals surface area contributed by atoms with Crippen LogP contribution in [-0.2, 0) is 4.74 Å². The van der Waals surface area contributed by atoms with Crippen molar-refractivity contribution >= 4 is 0 Å². The second kappa shape index (κ2) is 5.58. The molecule has 1 aliphatic rings. The van der Waals surface area contributed by atoms with Crippen LogP contribution in [-0.4, -0.2) is 44.3 Å². The molecule has 3 heteroatoms. The highest BCUT2D eigenvalue weighted by Gasteiger charge is 2.19. The molecule has 0 spiro atoms. The van der Waals surface area contributed by atoms with Gasteiger partial charge in [0.05, 0.1) is 0 Å². The van der Waals surface area contributed by atoms with E-state index in [-0.39, 0.29) is 0 Å². The fourth-order valence-corrected chi connectivity index (χ4v) is 1.98. The maximum atomic E-state index is 5.75. The zero-order valence-corrected chi connectivity index (χ0v) is 8.83. The number of nitrogens with two attached hydrogens (primary N) is 1. The number of nitrogens with zero attached hydrogens (tertiary/aromatic N) is 1. The van der Waals surface area contributed by atoms with E-state index < -0.39 is 0 Å². The molecular weight excluding hydrogens is 164 g/mol. The van der Waals surface area contributed by atoms with Gasteiger partial charge in [0.2, 0.25) is 0 Å². The molecule has 1 fully saturated rings. The molecule has 1 atom stereocenters. The number of piperidine rings is 1. The van der Waals surface area contributed by atoms with E-state index in [1.54, 1.807) is 7.11 Å². The SMILES string of the molecule is COCC1CCN(C[C@H](C)N)CC1. The van der Waals surface area contributed by atoms with E-state index in [4.69, 9.17) is 10.5 Å². The van der Waals surface area contributed by atoms with Crippen molar-refractivity contribution < 1.29 is 4.74 Å². The molecule has 1 saturated heterocycles. The maximum Gasteiger partial charge on any atom is 0.0491 e. The van der Waals surface area contributed by atoms with Gasteiger partial charge in [-0.25, -0.2) is 0 Å². The van der Waals surface area contributed by atoms with E-state index >= 15 is 0 Å². The highest BCUT2D eigenvalue weighted by atomic mass is 16.5. The maximum absolute atomic E-state index is 5.75. The van der Waals surface area contributed by atoms with Crippen molar-refractivity contribution in [3.8, 4) is 0 Å². The van der Waals surface area contributed by atoms with Crippen molar-refractivity contribution in [1.82, 2.24) is 4.90 Å². The number of hydrogen-bond donors (Lipinski definition) is 1. The minimum Gasteiger partial charge on any atom is -0.384 e. The van der Waals surface area contributed by atoms with Crippen LogP contribution in [0.5, 0.6) is 0 Å². The molecule has 13 heavy (non-hydrogen) atoms. The zero-order valence-electron chi connectivity index (χ0n) is 8.83. The quantitative estimate of drug-likeness (QED) is 0.702. The van der Waals surface area contributed by atoms with Crippen molar-refractivity contribution in [3.05, 3.63) is 0 Å². The molecule has 1 aliphatic heterocycles. The van der Waals surface area contributed by atoms with E-state index in [1.165, 1.54) is 25.9 Å². The molecule has 0 aromatic heterocycles. The summed E-state index contributed by atoms with van der Waals surface area (Å²) in [5, 5.41) is 0. The lowest BCUT2D eigenvalue weighted by atomic mass is 9.97. The van der Waals surface area contributed by atoms with Gasteiger partial charge in [0.25, 0.3) is 0 Å². The van der Waals surface area contributed by atoms with Crippen LogP contribution in [0.25, 0.3) is 0 Å². The van der Waals surface area contributed by atoms with Crippen LogP contribution < -0.4 is 5.73 Å². The van der Waals surface area contributed by atoms with E-state index in [1.807, 2.05) is 0 Å². The first kappa shape index (κ1) is 11.0. The third-order valence-electron chi connectivity index (χ3n) is 2.66. The Morgan fingerprint density at radius 3 is 2.54 bits per heavy atom. The Labute approximate surface area is 81.2 Å². The molecule has 1 heterocycles. The van der Waals surface area contributed by atoms with Crippen molar-refractivity contribution in [2.24, 2.45) is 11.7 Å². The molecule has 0 unspecified atom stereocenters. The fourth-order valence-electron chi connectivity index (χ4n) is 1.98. The zero-order chi connectivity index (χ0) is 9.68. The van der Waals surface area contributed by atoms with Crippen molar-refractivity contribution in [3.63, 3.8) is 0 Å². The lowest BCUT2D eigenvalue weighted by Crippen LogP contribution is -2.41. The Morgan fingerprint density at radius 1 is 1.46 bits per heavy atom. The number of likely N-dealkylation sites (tertiary alicyclic amines) is 1. The van der Waals surface area contributed by atoms with E-state index in [9.17, 15) is 0 Å². The first-order chi connectivity index (χ1) is 6.22. The molecule has 78 valence electrons. The number of hydrogen-bond acceptors (Lipinski definition) is 3. The molecule has 0 aromatic carbocycles. The Morgan fingerprint density at radius 2 is 2.08 bits per heavy atom. The summed E-state index contributed by atoms with van der Waals surface area (Å²) in [7, 11) is 1.79. The summed E-state index contributed by atoms with van der Waals surface area (Å²) in [4.78, 5) is 2.46. The van der Waals surface area contributed by atoms with Crippen LogP contribution in [0.4, 0.5) is 0 Å². The van der Waals surface area contributed by atoms with Crippen LogP contribution in [0.15, 0.2) is 0 Å². The summed E-state index contributed by atoms with van der Waals surface area (Å²) >= 11 is 0. The second-order valence-corrected chi connectivity index (χ2v) is 4.18. The van der Waals surface area contributed by atoms with Gasteiger partial charge < -0.3 is 15.4 Å². The van der Waals surface area contributed by atoms with Gasteiger partial charge in [-0.2, -0.15) is 0 Å². The molecular formula is C10H22N2O. The van der Waals surface area contributed by atoms with Gasteiger partial charge in [0, 0.05) is 26.3 Å². The third-order valence-corrected chi connectivity index (χ3v) is 2.66. The third kappa shape index (κ3) is 4.07. The predicted octanol–water partition coefficient (Wildman–Crippen LogP) is 0.692. The molecule has 0 amide bonds. The highest BCUT2D eigenvalue weighted by molar-refractivity contribution is 4.73. The second-order valence-electron chi connectivity index (χ2n) is 4.18. The Bertz CT molecular complexity index is 131. The summed E-state index contributed by atoms with van der Waals surface area (Å²) in [5.41, 5.74) is 5.75. The Balaban J connectivity index is 2.15. The molecule has 1 rings (SSSR count). The molecule has 3 nitrogen and oxygen atoms in total. The number of methoxy groups -OCH3 is 1. The summed E-state index contributed by atoms with van der Waals surface area (Å²) < 4.78 is 5.15. The van der Waals surface area contributed by atoms with Gasteiger partial charge in [-0.15, -0.1) is 0 Å². The van der Waals surface area contributed by atoms with Crippen LogP contribution in [0, 0.1) is 5.92 Å². The average molecular weight is 186 g/mol. The fraction of sp³-hybridized carbons (Fsp3) is 1.00. The summed E-state index contributed by atoms with van der Waals surface area (Å²) in [6.45, 7) is 6.41. The normalized spacial score (nSPS) is 23.3. The Kier molecular flexibility index (Phi) is 4.70. The van der Waals surface area contributed by atoms with Gasteiger partial charge in [-0.05, 0) is 38.8 Å². The van der Waals surface area contributed by atoms with Crippen molar-refractivity contribution in [1.29, 1.82) is 0 Å². The van der Waals surface area contributed by atoms with E-state index in [2.05, 4.69) is 11.8 Å². The van der Waals surface area contributed by atoms with Gasteiger partial charge >= 0.3 is 0 Å². The standard InChI is InChI=1S/C10H22N2O/c1-9(11)7-12-5-3-10(4-6-12)8-13-2/h9-10H,3-8,11H2,1-2H3/t9-/m0/s1. The first-order valence-corrected chi connectivity index (χ1v) is 5.19. The lowest BCUT2D eigenvalue weighted by molar-refractivity contribution is 0.0978. The largest absolute Gasteiger partial charge is 0.384 e. The molecule has 0 aromatic rings. The lowest BCUT2D eigenvalue weighted by Gasteiger charge is -2.32. The molecule has 2 N–H and O–H groups in total. The summed E-state index contributed by atoms with van der Waals surface area (Å²) in [6, 6.07) is 0.305. The van der Waals surface area contributed by atoms with Crippen LogP contribution in [0.1, 0.15) is 19.8 Å². The van der Waals surface area contributed by atoms with E-state index in [0.29, 0.717) is 6.04 Å². The Hall–Kier alpha value is -0.120. The average Bonchev–Trinajstić information content (AvgIpc) is 2.08. The van der Waals surface area contributed by atoms with Crippen molar-refractivity contribution in [2.45, 2.75) is 25.8 Å². The van der Waals surface area contributed by atoms with Crippen LogP contribution in [0.3, 0.4) is 0 Å². The minimum absolute atomic E-state index is 0.305. The van der Waals surface area contributed by atoms with Crippen LogP contribution in [0.2, 0.25) is 0 Å². The molecule has 0 bridgehead atoms.